The highest BCUT2D eigenvalue weighted by Gasteiger charge is 2.52. The van der Waals surface area contributed by atoms with Crippen molar-refractivity contribution in [1.82, 2.24) is 4.57 Å². The number of hydrogen-bond acceptors (Lipinski definition) is 2. The van der Waals surface area contributed by atoms with Crippen LogP contribution in [0.15, 0.2) is 235 Å². The molecule has 0 atom stereocenters. The first kappa shape index (κ1) is 35.2. The largest absolute Gasteiger partial charge is 0.456 e. The van der Waals surface area contributed by atoms with Crippen LogP contribution in [0.4, 0.5) is 17.1 Å². The van der Waals surface area contributed by atoms with Gasteiger partial charge in [0.2, 0.25) is 0 Å². The van der Waals surface area contributed by atoms with Gasteiger partial charge in [0.05, 0.1) is 22.1 Å². The molecule has 3 nitrogen and oxygen atoms in total. The van der Waals surface area contributed by atoms with E-state index < -0.39 is 5.41 Å². The van der Waals surface area contributed by atoms with E-state index in [0.717, 1.165) is 55.7 Å². The van der Waals surface area contributed by atoms with Crippen LogP contribution in [0.5, 0.6) is 0 Å². The number of anilines is 3. The van der Waals surface area contributed by atoms with Crippen LogP contribution >= 0.6 is 0 Å². The maximum absolute atomic E-state index is 6.48. The predicted molar refractivity (Wildman–Crippen MR) is 264 cm³/mol. The number of furan rings is 1. The molecule has 0 bridgehead atoms. The van der Waals surface area contributed by atoms with E-state index in [1.165, 1.54) is 66.4 Å². The molecule has 3 heteroatoms. The minimum Gasteiger partial charge on any atom is -0.456 e. The van der Waals surface area contributed by atoms with E-state index in [0.29, 0.717) is 0 Å². The maximum atomic E-state index is 6.48. The first-order valence-corrected chi connectivity index (χ1v) is 22.1. The second kappa shape index (κ2) is 13.3. The second-order valence-corrected chi connectivity index (χ2v) is 17.1. The first-order chi connectivity index (χ1) is 31.8. The Labute approximate surface area is 370 Å². The van der Waals surface area contributed by atoms with Crippen LogP contribution in [0.1, 0.15) is 22.3 Å². The number of aromatic nitrogens is 1. The van der Waals surface area contributed by atoms with Crippen molar-refractivity contribution >= 4 is 60.8 Å². The molecular formula is C61H38N2O. The highest BCUT2D eigenvalue weighted by Crippen LogP contribution is 2.64. The summed E-state index contributed by atoms with van der Waals surface area (Å²) in [6.07, 6.45) is 0. The molecule has 0 saturated heterocycles. The molecule has 0 unspecified atom stereocenters. The van der Waals surface area contributed by atoms with E-state index in [1.54, 1.807) is 0 Å². The zero-order chi connectivity index (χ0) is 41.9. The number of fused-ring (bicyclic) bond motifs is 17. The monoisotopic (exact) mass is 814 g/mol. The van der Waals surface area contributed by atoms with Gasteiger partial charge in [0, 0.05) is 44.2 Å². The molecule has 10 aromatic carbocycles. The number of rotatable bonds is 5. The van der Waals surface area contributed by atoms with E-state index in [-0.39, 0.29) is 0 Å². The summed E-state index contributed by atoms with van der Waals surface area (Å²) in [7, 11) is 0. The van der Waals surface area contributed by atoms with Crippen molar-refractivity contribution in [1.29, 1.82) is 0 Å². The van der Waals surface area contributed by atoms with Gasteiger partial charge in [-0.15, -0.1) is 0 Å². The van der Waals surface area contributed by atoms with Gasteiger partial charge >= 0.3 is 0 Å². The van der Waals surface area contributed by atoms with Gasteiger partial charge in [0.25, 0.3) is 0 Å². The van der Waals surface area contributed by atoms with Crippen molar-refractivity contribution in [2.45, 2.75) is 5.41 Å². The van der Waals surface area contributed by atoms with Crippen molar-refractivity contribution in [3.05, 3.63) is 253 Å². The van der Waals surface area contributed by atoms with E-state index in [4.69, 9.17) is 4.42 Å². The van der Waals surface area contributed by atoms with Crippen LogP contribution in [0, 0.1) is 0 Å². The molecule has 2 heterocycles. The molecule has 2 aliphatic rings. The smallest absolute Gasteiger partial charge is 0.136 e. The van der Waals surface area contributed by atoms with E-state index >= 15 is 0 Å². The fourth-order valence-electron chi connectivity index (χ4n) is 11.5. The maximum Gasteiger partial charge on any atom is 0.136 e. The molecule has 14 rings (SSSR count). The summed E-state index contributed by atoms with van der Waals surface area (Å²) >= 11 is 0. The Kier molecular flexibility index (Phi) is 7.32. The van der Waals surface area contributed by atoms with Gasteiger partial charge in [-0.05, 0) is 111 Å². The fourth-order valence-corrected chi connectivity index (χ4v) is 11.5. The Morgan fingerprint density at radius 1 is 0.375 bits per heavy atom. The van der Waals surface area contributed by atoms with Crippen LogP contribution in [0.2, 0.25) is 0 Å². The van der Waals surface area contributed by atoms with Gasteiger partial charge in [0.15, 0.2) is 0 Å². The zero-order valence-electron chi connectivity index (χ0n) is 34.7. The molecule has 298 valence electrons. The number of benzene rings is 10. The highest BCUT2D eigenvalue weighted by atomic mass is 16.3. The molecule has 64 heavy (non-hydrogen) atoms. The zero-order valence-corrected chi connectivity index (χ0v) is 34.7. The van der Waals surface area contributed by atoms with Crippen LogP contribution < -0.4 is 4.90 Å². The van der Waals surface area contributed by atoms with Gasteiger partial charge in [-0.3, -0.25) is 0 Å². The lowest BCUT2D eigenvalue weighted by Crippen LogP contribution is -2.26. The van der Waals surface area contributed by atoms with Crippen molar-refractivity contribution in [3.63, 3.8) is 0 Å². The molecular weight excluding hydrogens is 777 g/mol. The standard InChI is InChI=1S/C61H38N2O/c1-3-16-39(17-4-1)40-30-32-42(33-31-40)62(53-28-15-27-52-58(53)46-22-9-13-26-51(46)61(52)49-24-11-7-20-44(49)45-21-8-12-25-50(45)61)43-34-35-47-55(38-43)63(41-18-5-2-6-19-41)54-36-37-57-60(59(47)54)48-23-10-14-29-56(48)64-57/h1-38H. The molecule has 1 spiro atoms. The normalized spacial score (nSPS) is 13.1. The summed E-state index contributed by atoms with van der Waals surface area (Å²) in [6, 6.07) is 84.5. The molecule has 12 aromatic rings. The Morgan fingerprint density at radius 2 is 0.969 bits per heavy atom. The van der Waals surface area contributed by atoms with E-state index in [2.05, 4.69) is 234 Å². The number of para-hydroxylation sites is 2. The molecule has 0 fully saturated rings. The summed E-state index contributed by atoms with van der Waals surface area (Å²) in [6.45, 7) is 0. The van der Waals surface area contributed by atoms with Gasteiger partial charge in [0.1, 0.15) is 11.2 Å². The lowest BCUT2D eigenvalue weighted by molar-refractivity contribution is 0.669. The Bertz CT molecular complexity index is 3790. The quantitative estimate of drug-likeness (QED) is 0.173. The minimum absolute atomic E-state index is 0.458. The first-order valence-electron chi connectivity index (χ1n) is 22.1. The molecule has 0 amide bonds. The predicted octanol–water partition coefficient (Wildman–Crippen LogP) is 16.2. The third-order valence-corrected chi connectivity index (χ3v) is 14.0. The molecule has 0 saturated carbocycles. The second-order valence-electron chi connectivity index (χ2n) is 17.1. The van der Waals surface area contributed by atoms with Crippen molar-refractivity contribution < 1.29 is 4.42 Å². The van der Waals surface area contributed by atoms with Crippen LogP contribution in [0.3, 0.4) is 0 Å². The summed E-state index contributed by atoms with van der Waals surface area (Å²) in [5.74, 6) is 0. The molecule has 2 aromatic heterocycles. The topological polar surface area (TPSA) is 21.3 Å². The van der Waals surface area contributed by atoms with Gasteiger partial charge < -0.3 is 13.9 Å². The Balaban J connectivity index is 1.07. The lowest BCUT2D eigenvalue weighted by Gasteiger charge is -2.32. The average molecular weight is 815 g/mol. The Hall–Kier alpha value is -8.40. The van der Waals surface area contributed by atoms with Crippen LogP contribution in [0.25, 0.3) is 82.8 Å². The van der Waals surface area contributed by atoms with E-state index in [1.807, 2.05) is 6.07 Å². The summed E-state index contributed by atoms with van der Waals surface area (Å²) in [5.41, 5.74) is 20.8. The summed E-state index contributed by atoms with van der Waals surface area (Å²) in [5, 5.41) is 4.65. The van der Waals surface area contributed by atoms with Gasteiger partial charge in [-0.25, -0.2) is 0 Å². The van der Waals surface area contributed by atoms with Gasteiger partial charge in [-0.2, -0.15) is 0 Å². The SMILES string of the molecule is c1ccc(-c2ccc(N(c3ccc4c5c6c(ccc5n(-c5ccccc5)c4c3)oc3ccccc36)c3cccc4c3-c3ccccc3C43c4ccccc4-c4ccccc43)cc2)cc1. The summed E-state index contributed by atoms with van der Waals surface area (Å²) in [4.78, 5) is 2.49. The Morgan fingerprint density at radius 3 is 1.72 bits per heavy atom. The van der Waals surface area contributed by atoms with Crippen molar-refractivity contribution in [2.24, 2.45) is 0 Å². The van der Waals surface area contributed by atoms with Gasteiger partial charge in [-0.1, -0.05) is 170 Å². The third-order valence-electron chi connectivity index (χ3n) is 14.0. The third kappa shape index (κ3) is 4.70. The molecule has 0 N–H and O–H groups in total. The fraction of sp³-hybridized carbons (Fsp3) is 0.0164. The molecule has 0 radical (unpaired) electrons. The van der Waals surface area contributed by atoms with Crippen molar-refractivity contribution in [2.75, 3.05) is 4.90 Å². The summed E-state index contributed by atoms with van der Waals surface area (Å²) < 4.78 is 8.91. The molecule has 0 aliphatic heterocycles. The molecule has 2 aliphatic carbocycles. The van der Waals surface area contributed by atoms with Crippen LogP contribution in [-0.2, 0) is 5.41 Å². The van der Waals surface area contributed by atoms with E-state index in [9.17, 15) is 0 Å². The minimum atomic E-state index is -0.458. The van der Waals surface area contributed by atoms with Crippen molar-refractivity contribution in [3.8, 4) is 39.1 Å². The average Bonchev–Trinajstić information content (AvgIpc) is 4.09. The number of hydrogen-bond donors (Lipinski definition) is 0. The highest BCUT2D eigenvalue weighted by molar-refractivity contribution is 6.27. The van der Waals surface area contributed by atoms with Crippen LogP contribution in [-0.4, -0.2) is 4.57 Å². The number of nitrogens with zero attached hydrogens (tertiary/aromatic N) is 2. The lowest BCUT2D eigenvalue weighted by atomic mass is 9.70.